The van der Waals surface area contributed by atoms with E-state index in [4.69, 9.17) is 16.3 Å². The SMILES string of the molecule is CC(C)N1CCc2nc(C(=O)Nc3cc(C(=O)O)ccc3COC(=O)Nc3ccc(Cl)cc3)sc2C1. The maximum atomic E-state index is 13.0. The maximum Gasteiger partial charge on any atom is 0.411 e. The van der Waals surface area contributed by atoms with E-state index in [1.54, 1.807) is 24.3 Å². The first-order valence-electron chi connectivity index (χ1n) is 11.3. The zero-order valence-corrected chi connectivity index (χ0v) is 21.3. The Morgan fingerprint density at radius 1 is 1.17 bits per heavy atom. The molecule has 0 bridgehead atoms. The Labute approximate surface area is 217 Å². The third kappa shape index (κ3) is 6.20. The van der Waals surface area contributed by atoms with Crippen molar-refractivity contribution in [1.29, 1.82) is 0 Å². The molecule has 0 unspecified atom stereocenters. The predicted molar refractivity (Wildman–Crippen MR) is 138 cm³/mol. The molecule has 1 aliphatic rings. The quantitative estimate of drug-likeness (QED) is 0.382. The number of ether oxygens (including phenoxy) is 1. The second-order valence-corrected chi connectivity index (χ2v) is 10.1. The largest absolute Gasteiger partial charge is 0.478 e. The first-order valence-corrected chi connectivity index (χ1v) is 12.5. The van der Waals surface area contributed by atoms with Gasteiger partial charge in [-0.2, -0.15) is 0 Å². The summed E-state index contributed by atoms with van der Waals surface area (Å²) in [6.07, 6.45) is 0.0624. The van der Waals surface area contributed by atoms with Gasteiger partial charge in [0.05, 0.1) is 11.3 Å². The molecule has 9 nitrogen and oxygen atoms in total. The number of carboxylic acid groups (broad SMARTS) is 1. The Morgan fingerprint density at radius 3 is 2.61 bits per heavy atom. The monoisotopic (exact) mass is 528 g/mol. The van der Waals surface area contributed by atoms with Crippen molar-refractivity contribution in [1.82, 2.24) is 9.88 Å². The van der Waals surface area contributed by atoms with E-state index in [1.165, 1.54) is 29.5 Å². The lowest BCUT2D eigenvalue weighted by atomic mass is 10.1. The van der Waals surface area contributed by atoms with E-state index >= 15 is 0 Å². The summed E-state index contributed by atoms with van der Waals surface area (Å²) in [5.74, 6) is -1.59. The summed E-state index contributed by atoms with van der Waals surface area (Å²) in [6.45, 7) is 5.71. The average molecular weight is 529 g/mol. The predicted octanol–water partition coefficient (Wildman–Crippen LogP) is 5.26. The van der Waals surface area contributed by atoms with Gasteiger partial charge < -0.3 is 15.2 Å². The van der Waals surface area contributed by atoms with Gasteiger partial charge in [-0.3, -0.25) is 15.0 Å². The molecular formula is C25H25ClN4O5S. The van der Waals surface area contributed by atoms with Crippen LogP contribution in [-0.4, -0.2) is 45.5 Å². The molecule has 2 heterocycles. The number of aromatic nitrogens is 1. The van der Waals surface area contributed by atoms with Crippen LogP contribution in [0.3, 0.4) is 0 Å². The van der Waals surface area contributed by atoms with Gasteiger partial charge >= 0.3 is 12.1 Å². The molecule has 2 aromatic carbocycles. The summed E-state index contributed by atoms with van der Waals surface area (Å²) in [6, 6.07) is 11.1. The van der Waals surface area contributed by atoms with Crippen molar-refractivity contribution in [2.45, 2.75) is 39.5 Å². The second-order valence-electron chi connectivity index (χ2n) is 8.54. The number of fused-ring (bicyclic) bond motifs is 1. The Morgan fingerprint density at radius 2 is 1.92 bits per heavy atom. The fourth-order valence-electron chi connectivity index (χ4n) is 3.71. The zero-order valence-electron chi connectivity index (χ0n) is 19.7. The Balaban J connectivity index is 1.47. The normalized spacial score (nSPS) is 13.2. The molecule has 0 saturated heterocycles. The second kappa shape index (κ2) is 11.1. The number of rotatable bonds is 7. The average Bonchev–Trinajstić information content (AvgIpc) is 3.28. The molecule has 11 heteroatoms. The summed E-state index contributed by atoms with van der Waals surface area (Å²) in [7, 11) is 0. The fraction of sp³-hybridized carbons (Fsp3) is 0.280. The van der Waals surface area contributed by atoms with Crippen molar-refractivity contribution >= 4 is 52.3 Å². The van der Waals surface area contributed by atoms with Gasteiger partial charge in [-0.05, 0) is 50.2 Å². The van der Waals surface area contributed by atoms with Crippen LogP contribution < -0.4 is 10.6 Å². The summed E-state index contributed by atoms with van der Waals surface area (Å²) in [4.78, 5) is 44.7. The first-order chi connectivity index (χ1) is 17.2. The van der Waals surface area contributed by atoms with Crippen molar-refractivity contribution in [3.8, 4) is 0 Å². The van der Waals surface area contributed by atoms with Crippen molar-refractivity contribution in [2.75, 3.05) is 17.2 Å². The number of anilines is 2. The van der Waals surface area contributed by atoms with Gasteiger partial charge in [-0.1, -0.05) is 17.7 Å². The summed E-state index contributed by atoms with van der Waals surface area (Å²) < 4.78 is 5.29. The highest BCUT2D eigenvalue weighted by Gasteiger charge is 2.25. The smallest absolute Gasteiger partial charge is 0.411 e. The van der Waals surface area contributed by atoms with Crippen molar-refractivity contribution < 1.29 is 24.2 Å². The molecule has 1 aromatic heterocycles. The first kappa shape index (κ1) is 25.6. The fourth-order valence-corrected chi connectivity index (χ4v) is 4.87. The van der Waals surface area contributed by atoms with Crippen molar-refractivity contribution in [3.05, 3.63) is 74.2 Å². The van der Waals surface area contributed by atoms with Crippen LogP contribution in [0.1, 0.15) is 50.1 Å². The topological polar surface area (TPSA) is 121 Å². The van der Waals surface area contributed by atoms with Gasteiger partial charge in [0.15, 0.2) is 5.01 Å². The number of hydrogen-bond acceptors (Lipinski definition) is 7. The molecule has 3 N–H and O–H groups in total. The maximum absolute atomic E-state index is 13.0. The van der Waals surface area contributed by atoms with E-state index in [2.05, 4.69) is 34.4 Å². The molecule has 188 valence electrons. The van der Waals surface area contributed by atoms with Crippen LogP contribution in [0.2, 0.25) is 5.02 Å². The van der Waals surface area contributed by atoms with Crippen LogP contribution in [0.25, 0.3) is 0 Å². The molecule has 2 amide bonds. The highest BCUT2D eigenvalue weighted by atomic mass is 35.5. The number of carbonyl (C=O) groups excluding carboxylic acids is 2. The van der Waals surface area contributed by atoms with E-state index in [9.17, 15) is 19.5 Å². The lowest BCUT2D eigenvalue weighted by molar-refractivity contribution is 0.0696. The summed E-state index contributed by atoms with van der Waals surface area (Å²) in [5, 5.41) is 15.6. The molecule has 0 saturated carbocycles. The minimum absolute atomic E-state index is 0.00863. The third-order valence-corrected chi connectivity index (χ3v) is 7.07. The van der Waals surface area contributed by atoms with Crippen molar-refractivity contribution in [2.24, 2.45) is 0 Å². The molecule has 0 spiro atoms. The molecule has 3 aromatic rings. The lowest BCUT2D eigenvalue weighted by Gasteiger charge is -2.29. The standard InChI is InChI=1S/C25H25ClN4O5S/c1-14(2)30-10-9-19-21(12-30)36-23(29-19)22(31)28-20-11-15(24(32)33)3-4-16(20)13-35-25(34)27-18-7-5-17(26)6-8-18/h3-8,11,14H,9-10,12-13H2,1-2H3,(H,27,34)(H,28,31)(H,32,33). The Hall–Kier alpha value is -3.47. The lowest BCUT2D eigenvalue weighted by Crippen LogP contribution is -2.35. The number of thiazole rings is 1. The van der Waals surface area contributed by atoms with Gasteiger partial charge in [-0.15, -0.1) is 11.3 Å². The molecule has 0 atom stereocenters. The minimum atomic E-state index is -1.14. The molecule has 0 aliphatic carbocycles. The number of halogens is 1. The highest BCUT2D eigenvalue weighted by molar-refractivity contribution is 7.13. The number of amides is 2. The van der Waals surface area contributed by atoms with Gasteiger partial charge in [0.1, 0.15) is 6.61 Å². The van der Waals surface area contributed by atoms with Gasteiger partial charge in [-0.25, -0.2) is 14.6 Å². The summed E-state index contributed by atoms with van der Waals surface area (Å²) in [5.41, 5.74) is 2.08. The summed E-state index contributed by atoms with van der Waals surface area (Å²) >= 11 is 7.18. The van der Waals surface area contributed by atoms with Crippen molar-refractivity contribution in [3.63, 3.8) is 0 Å². The molecular weight excluding hydrogens is 504 g/mol. The number of carboxylic acids is 1. The molecule has 0 radical (unpaired) electrons. The highest BCUT2D eigenvalue weighted by Crippen LogP contribution is 2.28. The molecule has 0 fully saturated rings. The van der Waals surface area contributed by atoms with E-state index in [0.717, 1.165) is 30.1 Å². The molecule has 1 aliphatic heterocycles. The van der Waals surface area contributed by atoms with Crippen LogP contribution in [0.15, 0.2) is 42.5 Å². The van der Waals surface area contributed by atoms with Crippen LogP contribution in [0, 0.1) is 0 Å². The van der Waals surface area contributed by atoms with Gasteiger partial charge in [0.25, 0.3) is 5.91 Å². The third-order valence-electron chi connectivity index (χ3n) is 5.74. The zero-order chi connectivity index (χ0) is 25.8. The van der Waals surface area contributed by atoms with E-state index in [1.807, 2.05) is 0 Å². The molecule has 36 heavy (non-hydrogen) atoms. The number of nitrogens with zero attached hydrogens (tertiary/aromatic N) is 2. The number of benzene rings is 2. The van der Waals surface area contributed by atoms with Crippen LogP contribution in [0.5, 0.6) is 0 Å². The van der Waals surface area contributed by atoms with E-state index < -0.39 is 18.0 Å². The van der Waals surface area contributed by atoms with E-state index in [-0.39, 0.29) is 17.9 Å². The van der Waals surface area contributed by atoms with Gasteiger partial charge in [0.2, 0.25) is 0 Å². The minimum Gasteiger partial charge on any atom is -0.478 e. The van der Waals surface area contributed by atoms with Gasteiger partial charge in [0, 0.05) is 52.4 Å². The Kier molecular flexibility index (Phi) is 7.88. The van der Waals surface area contributed by atoms with E-state index in [0.29, 0.717) is 27.3 Å². The number of carbonyl (C=O) groups is 3. The number of nitrogens with one attached hydrogen (secondary N) is 2. The number of aromatic carboxylic acids is 1. The Bertz CT molecular complexity index is 1290. The van der Waals surface area contributed by atoms with Crippen LogP contribution in [0.4, 0.5) is 16.2 Å². The van der Waals surface area contributed by atoms with Crippen LogP contribution in [-0.2, 0) is 24.3 Å². The van der Waals surface area contributed by atoms with Crippen LogP contribution >= 0.6 is 22.9 Å². The molecule has 4 rings (SSSR count). The number of hydrogen-bond donors (Lipinski definition) is 3.